The first kappa shape index (κ1) is 22.7. The van der Waals surface area contributed by atoms with Crippen LogP contribution in [0.25, 0.3) is 11.4 Å². The number of carbonyl (C=O) groups is 1. The molecule has 0 saturated heterocycles. The van der Waals surface area contributed by atoms with Crippen LogP contribution in [-0.2, 0) is 11.2 Å². The standard InChI is InChI=1S/C23H33N3O3/c1-7-14-26(9-3)22-20(28-10-4)19(23(27)29-11-5)24-21(25-22)18-13-12-17(8-2)16(6)15-18/h12-13,15H,7-11,14H2,1-6H3. The van der Waals surface area contributed by atoms with Crippen LogP contribution in [0.1, 0.15) is 62.7 Å². The number of esters is 1. The molecule has 0 amide bonds. The summed E-state index contributed by atoms with van der Waals surface area (Å²) in [7, 11) is 0. The van der Waals surface area contributed by atoms with Gasteiger partial charge in [-0.3, -0.25) is 0 Å². The number of aryl methyl sites for hydroxylation is 2. The van der Waals surface area contributed by atoms with Crippen LogP contribution in [0.2, 0.25) is 0 Å². The van der Waals surface area contributed by atoms with Gasteiger partial charge < -0.3 is 14.4 Å². The van der Waals surface area contributed by atoms with Crippen molar-refractivity contribution in [3.8, 4) is 17.1 Å². The fourth-order valence-electron chi connectivity index (χ4n) is 3.31. The van der Waals surface area contributed by atoms with Gasteiger partial charge in [0.15, 0.2) is 23.1 Å². The van der Waals surface area contributed by atoms with Gasteiger partial charge in [0.25, 0.3) is 0 Å². The van der Waals surface area contributed by atoms with Crippen LogP contribution in [0.15, 0.2) is 18.2 Å². The van der Waals surface area contributed by atoms with Gasteiger partial charge in [0.2, 0.25) is 0 Å². The van der Waals surface area contributed by atoms with Crippen molar-refractivity contribution in [2.45, 2.75) is 54.4 Å². The number of carbonyl (C=O) groups excluding carboxylic acids is 1. The molecule has 0 bridgehead atoms. The summed E-state index contributed by atoms with van der Waals surface area (Å²) < 4.78 is 11.1. The molecule has 0 saturated carbocycles. The van der Waals surface area contributed by atoms with Crippen molar-refractivity contribution in [3.05, 3.63) is 35.0 Å². The number of hydrogen-bond donors (Lipinski definition) is 0. The van der Waals surface area contributed by atoms with E-state index in [4.69, 9.17) is 14.5 Å². The van der Waals surface area contributed by atoms with Crippen molar-refractivity contribution in [3.63, 3.8) is 0 Å². The predicted molar refractivity (Wildman–Crippen MR) is 117 cm³/mol. The number of benzene rings is 1. The van der Waals surface area contributed by atoms with Gasteiger partial charge in [0, 0.05) is 18.7 Å². The average Bonchev–Trinajstić information content (AvgIpc) is 2.72. The molecule has 1 aromatic heterocycles. The largest absolute Gasteiger partial charge is 0.488 e. The van der Waals surface area contributed by atoms with Gasteiger partial charge >= 0.3 is 5.97 Å². The van der Waals surface area contributed by atoms with Gasteiger partial charge in [-0.2, -0.15) is 0 Å². The van der Waals surface area contributed by atoms with E-state index in [9.17, 15) is 4.79 Å². The van der Waals surface area contributed by atoms with Crippen LogP contribution < -0.4 is 9.64 Å². The third-order valence-corrected chi connectivity index (χ3v) is 4.76. The van der Waals surface area contributed by atoms with E-state index in [0.29, 0.717) is 24.0 Å². The molecule has 6 heteroatoms. The summed E-state index contributed by atoms with van der Waals surface area (Å²) >= 11 is 0. The maximum absolute atomic E-state index is 12.7. The minimum absolute atomic E-state index is 0.181. The fourth-order valence-corrected chi connectivity index (χ4v) is 3.31. The first-order valence-electron chi connectivity index (χ1n) is 10.6. The Hall–Kier alpha value is -2.63. The summed E-state index contributed by atoms with van der Waals surface area (Å²) in [5, 5.41) is 0. The molecular formula is C23H33N3O3. The molecule has 0 aliphatic carbocycles. The first-order chi connectivity index (χ1) is 14.0. The van der Waals surface area contributed by atoms with Crippen molar-refractivity contribution in [1.29, 1.82) is 0 Å². The van der Waals surface area contributed by atoms with Gasteiger partial charge in [0.05, 0.1) is 13.2 Å². The Balaban J connectivity index is 2.72. The lowest BCUT2D eigenvalue weighted by Gasteiger charge is -2.25. The van der Waals surface area contributed by atoms with Crippen molar-refractivity contribution in [2.75, 3.05) is 31.2 Å². The van der Waals surface area contributed by atoms with Gasteiger partial charge in [-0.25, -0.2) is 14.8 Å². The van der Waals surface area contributed by atoms with Crippen LogP contribution >= 0.6 is 0 Å². The van der Waals surface area contributed by atoms with Crippen LogP contribution in [0.5, 0.6) is 5.75 Å². The van der Waals surface area contributed by atoms with Gasteiger partial charge in [-0.1, -0.05) is 26.0 Å². The van der Waals surface area contributed by atoms with Crippen LogP contribution in [0.4, 0.5) is 5.82 Å². The normalized spacial score (nSPS) is 10.7. The summed E-state index contributed by atoms with van der Waals surface area (Å²) in [4.78, 5) is 24.2. The van der Waals surface area contributed by atoms with Crippen molar-refractivity contribution in [2.24, 2.45) is 0 Å². The maximum atomic E-state index is 12.7. The Kier molecular flexibility index (Phi) is 8.43. The number of aromatic nitrogens is 2. The van der Waals surface area contributed by atoms with E-state index >= 15 is 0 Å². The lowest BCUT2D eigenvalue weighted by molar-refractivity contribution is 0.0514. The predicted octanol–water partition coefficient (Wildman–Crippen LogP) is 4.83. The molecule has 158 valence electrons. The van der Waals surface area contributed by atoms with Gasteiger partial charge in [0.1, 0.15) is 0 Å². The number of anilines is 1. The second-order valence-corrected chi connectivity index (χ2v) is 6.78. The second-order valence-electron chi connectivity index (χ2n) is 6.78. The maximum Gasteiger partial charge on any atom is 0.361 e. The Morgan fingerprint density at radius 1 is 1.07 bits per heavy atom. The summed E-state index contributed by atoms with van der Waals surface area (Å²) in [5.41, 5.74) is 3.52. The highest BCUT2D eigenvalue weighted by Gasteiger charge is 2.26. The summed E-state index contributed by atoms with van der Waals surface area (Å²) in [6.45, 7) is 14.3. The van der Waals surface area contributed by atoms with Crippen LogP contribution in [0.3, 0.4) is 0 Å². The minimum atomic E-state index is -0.490. The van der Waals surface area contributed by atoms with Gasteiger partial charge in [-0.15, -0.1) is 0 Å². The number of rotatable bonds is 10. The Morgan fingerprint density at radius 2 is 1.83 bits per heavy atom. The zero-order valence-corrected chi connectivity index (χ0v) is 18.5. The van der Waals surface area contributed by atoms with E-state index < -0.39 is 5.97 Å². The van der Waals surface area contributed by atoms with E-state index in [-0.39, 0.29) is 12.3 Å². The molecule has 2 aromatic rings. The molecule has 1 aromatic carbocycles. The highest BCUT2D eigenvalue weighted by atomic mass is 16.5. The SMILES string of the molecule is CCCN(CC)c1nc(-c2ccc(CC)c(C)c2)nc(C(=O)OCC)c1OCC. The molecule has 0 aliphatic heterocycles. The fraction of sp³-hybridized carbons (Fsp3) is 0.522. The molecule has 0 spiro atoms. The van der Waals surface area contributed by atoms with Crippen molar-refractivity contribution in [1.82, 2.24) is 9.97 Å². The van der Waals surface area contributed by atoms with Crippen molar-refractivity contribution >= 4 is 11.8 Å². The van der Waals surface area contributed by atoms with E-state index in [1.165, 1.54) is 11.1 Å². The Bertz CT molecular complexity index is 836. The molecule has 1 heterocycles. The number of nitrogens with zero attached hydrogens (tertiary/aromatic N) is 3. The second kappa shape index (κ2) is 10.8. The molecule has 0 radical (unpaired) electrons. The number of ether oxygens (including phenoxy) is 2. The highest BCUT2D eigenvalue weighted by molar-refractivity contribution is 5.93. The van der Waals surface area contributed by atoms with Crippen molar-refractivity contribution < 1.29 is 14.3 Å². The van der Waals surface area contributed by atoms with Crippen LogP contribution in [-0.4, -0.2) is 42.2 Å². The number of hydrogen-bond acceptors (Lipinski definition) is 6. The Labute approximate surface area is 174 Å². The third-order valence-electron chi connectivity index (χ3n) is 4.76. The van der Waals surface area contributed by atoms with E-state index in [0.717, 1.165) is 31.5 Å². The first-order valence-corrected chi connectivity index (χ1v) is 10.6. The summed E-state index contributed by atoms with van der Waals surface area (Å²) in [6.07, 6.45) is 1.92. The summed E-state index contributed by atoms with van der Waals surface area (Å²) in [6, 6.07) is 6.18. The summed E-state index contributed by atoms with van der Waals surface area (Å²) in [5.74, 6) is 1.05. The highest BCUT2D eigenvalue weighted by Crippen LogP contribution is 2.33. The minimum Gasteiger partial charge on any atom is -0.488 e. The van der Waals surface area contributed by atoms with Crippen LogP contribution in [0, 0.1) is 6.92 Å². The Morgan fingerprint density at radius 3 is 2.38 bits per heavy atom. The molecule has 29 heavy (non-hydrogen) atoms. The molecular weight excluding hydrogens is 366 g/mol. The molecule has 0 N–H and O–H groups in total. The van der Waals surface area contributed by atoms with E-state index in [1.54, 1.807) is 6.92 Å². The third kappa shape index (κ3) is 5.25. The lowest BCUT2D eigenvalue weighted by atomic mass is 10.0. The molecule has 0 fully saturated rings. The molecule has 0 unspecified atom stereocenters. The lowest BCUT2D eigenvalue weighted by Crippen LogP contribution is -2.27. The topological polar surface area (TPSA) is 64.6 Å². The van der Waals surface area contributed by atoms with E-state index in [2.05, 4.69) is 49.7 Å². The quantitative estimate of drug-likeness (QED) is 0.533. The monoisotopic (exact) mass is 399 g/mol. The molecule has 6 nitrogen and oxygen atoms in total. The zero-order chi connectivity index (χ0) is 21.4. The molecule has 0 aliphatic rings. The molecule has 2 rings (SSSR count). The molecule has 0 atom stereocenters. The smallest absolute Gasteiger partial charge is 0.361 e. The average molecular weight is 400 g/mol. The van der Waals surface area contributed by atoms with E-state index in [1.807, 2.05) is 13.0 Å². The van der Waals surface area contributed by atoms with Gasteiger partial charge in [-0.05, 0) is 57.7 Å². The zero-order valence-electron chi connectivity index (χ0n) is 18.5.